The molecule has 16 heavy (non-hydrogen) atoms. The molecule has 1 N–H and O–H groups in total. The largest absolute Gasteiger partial charge is 0.416 e. The second-order valence-corrected chi connectivity index (χ2v) is 8.91. The molecule has 0 amide bonds. The third kappa shape index (κ3) is 5.46. The van der Waals surface area contributed by atoms with E-state index in [9.17, 15) is 0 Å². The predicted octanol–water partition coefficient (Wildman–Crippen LogP) is 2.93. The van der Waals surface area contributed by atoms with Crippen LogP contribution >= 0.6 is 0 Å². The van der Waals surface area contributed by atoms with E-state index in [0.29, 0.717) is 17.6 Å². The van der Waals surface area contributed by atoms with Gasteiger partial charge in [-0.2, -0.15) is 0 Å². The molecule has 96 valence electrons. The summed E-state index contributed by atoms with van der Waals surface area (Å²) in [5.74, 6) is 0. The second kappa shape index (κ2) is 6.17. The highest BCUT2D eigenvalue weighted by atomic mass is 28.3. The highest BCUT2D eigenvalue weighted by molar-refractivity contribution is 6.48. The fourth-order valence-corrected chi connectivity index (χ4v) is 3.42. The van der Waals surface area contributed by atoms with Crippen molar-refractivity contribution in [1.29, 1.82) is 0 Å². The van der Waals surface area contributed by atoms with Gasteiger partial charge in [-0.3, -0.25) is 0 Å². The summed E-state index contributed by atoms with van der Waals surface area (Å²) in [7, 11) is -0.929. The molecule has 1 fully saturated rings. The fraction of sp³-hybridized carbons (Fsp3) is 1.00. The highest BCUT2D eigenvalue weighted by Crippen LogP contribution is 2.27. The number of hydrogen-bond acceptors (Lipinski definition) is 2. The molecule has 2 unspecified atom stereocenters. The average Bonchev–Trinajstić information content (AvgIpc) is 2.15. The topological polar surface area (TPSA) is 21.3 Å². The summed E-state index contributed by atoms with van der Waals surface area (Å²) in [4.78, 5) is 0. The number of piperidine rings is 1. The molecular formula is C13H29NOSi. The third-order valence-electron chi connectivity index (χ3n) is 3.06. The van der Waals surface area contributed by atoms with Crippen molar-refractivity contribution in [2.24, 2.45) is 5.41 Å². The summed E-state index contributed by atoms with van der Waals surface area (Å²) >= 11 is 0. The first-order valence-electron chi connectivity index (χ1n) is 6.77. The molecular weight excluding hydrogens is 214 g/mol. The molecule has 0 aromatic carbocycles. The molecule has 1 rings (SSSR count). The smallest absolute Gasteiger partial charge is 0.171 e. The van der Waals surface area contributed by atoms with Crippen LogP contribution in [0.3, 0.4) is 0 Å². The summed E-state index contributed by atoms with van der Waals surface area (Å²) in [5.41, 5.74) is 0.368. The van der Waals surface area contributed by atoms with Gasteiger partial charge in [0.2, 0.25) is 0 Å². The van der Waals surface area contributed by atoms with E-state index in [4.69, 9.17) is 4.43 Å². The zero-order valence-electron chi connectivity index (χ0n) is 11.7. The molecule has 0 saturated carbocycles. The Morgan fingerprint density at radius 3 is 2.44 bits per heavy atom. The normalized spacial score (nSPS) is 24.8. The molecule has 1 heterocycles. The SMILES string of the molecule is C[SiH](C)OC(CC(C)(C)C)C1CCCCN1. The van der Waals surface area contributed by atoms with Gasteiger partial charge in [-0.05, 0) is 44.3 Å². The van der Waals surface area contributed by atoms with Gasteiger partial charge in [0.25, 0.3) is 0 Å². The molecule has 1 aliphatic heterocycles. The van der Waals surface area contributed by atoms with Crippen LogP contribution in [0.4, 0.5) is 0 Å². The third-order valence-corrected chi connectivity index (χ3v) is 3.95. The quantitative estimate of drug-likeness (QED) is 0.767. The molecule has 1 saturated heterocycles. The average molecular weight is 243 g/mol. The van der Waals surface area contributed by atoms with E-state index in [-0.39, 0.29) is 0 Å². The minimum absolute atomic E-state index is 0.368. The number of nitrogens with one attached hydrogen (secondary N) is 1. The van der Waals surface area contributed by atoms with Gasteiger partial charge in [0.15, 0.2) is 9.04 Å². The lowest BCUT2D eigenvalue weighted by Gasteiger charge is -2.36. The van der Waals surface area contributed by atoms with Crippen LogP contribution in [0.1, 0.15) is 46.5 Å². The molecule has 2 nitrogen and oxygen atoms in total. The molecule has 0 aliphatic carbocycles. The van der Waals surface area contributed by atoms with Crippen LogP contribution in [-0.4, -0.2) is 27.7 Å². The van der Waals surface area contributed by atoms with Crippen molar-refractivity contribution in [2.45, 2.75) is 71.7 Å². The Kier molecular flexibility index (Phi) is 5.48. The van der Waals surface area contributed by atoms with Crippen LogP contribution in [0.5, 0.6) is 0 Å². The molecule has 0 radical (unpaired) electrons. The molecule has 0 aromatic rings. The van der Waals surface area contributed by atoms with Gasteiger partial charge in [0.05, 0.1) is 6.10 Å². The summed E-state index contributed by atoms with van der Waals surface area (Å²) in [6.45, 7) is 12.7. The lowest BCUT2D eigenvalue weighted by Crippen LogP contribution is -2.47. The minimum atomic E-state index is -0.929. The van der Waals surface area contributed by atoms with Gasteiger partial charge >= 0.3 is 0 Å². The van der Waals surface area contributed by atoms with Gasteiger partial charge in [0.1, 0.15) is 0 Å². The van der Waals surface area contributed by atoms with Crippen LogP contribution in [0.2, 0.25) is 13.1 Å². The summed E-state index contributed by atoms with van der Waals surface area (Å²) in [5, 5.41) is 3.64. The number of hydrogen-bond donors (Lipinski definition) is 1. The Balaban J connectivity index is 2.54. The summed E-state index contributed by atoms with van der Waals surface area (Å²) < 4.78 is 6.24. The van der Waals surface area contributed by atoms with Crippen LogP contribution in [0, 0.1) is 5.41 Å². The lowest BCUT2D eigenvalue weighted by atomic mass is 9.85. The standard InChI is InChI=1S/C13H29NOSi/c1-13(2,3)10-12(15-16(4)5)11-8-6-7-9-14-11/h11-12,14,16H,6-10H2,1-5H3. The van der Waals surface area contributed by atoms with E-state index in [1.165, 1.54) is 32.2 Å². The molecule has 0 bridgehead atoms. The lowest BCUT2D eigenvalue weighted by molar-refractivity contribution is 0.0938. The van der Waals surface area contributed by atoms with Crippen molar-refractivity contribution in [1.82, 2.24) is 5.32 Å². The minimum Gasteiger partial charge on any atom is -0.416 e. The van der Waals surface area contributed by atoms with Crippen molar-refractivity contribution in [3.05, 3.63) is 0 Å². The zero-order valence-corrected chi connectivity index (χ0v) is 12.8. The summed E-state index contributed by atoms with van der Waals surface area (Å²) in [6.07, 6.45) is 5.60. The maximum Gasteiger partial charge on any atom is 0.171 e. The van der Waals surface area contributed by atoms with Gasteiger partial charge in [-0.25, -0.2) is 0 Å². The van der Waals surface area contributed by atoms with Crippen LogP contribution in [-0.2, 0) is 4.43 Å². The van der Waals surface area contributed by atoms with E-state index in [1.54, 1.807) is 0 Å². The second-order valence-electron chi connectivity index (χ2n) is 6.54. The highest BCUT2D eigenvalue weighted by Gasteiger charge is 2.28. The molecule has 2 atom stereocenters. The Bertz CT molecular complexity index is 195. The van der Waals surface area contributed by atoms with Crippen LogP contribution in [0.15, 0.2) is 0 Å². The zero-order chi connectivity index (χ0) is 12.2. The van der Waals surface area contributed by atoms with Crippen molar-refractivity contribution < 1.29 is 4.43 Å². The first-order valence-corrected chi connectivity index (χ1v) is 9.55. The number of rotatable bonds is 4. The Morgan fingerprint density at radius 1 is 1.31 bits per heavy atom. The maximum atomic E-state index is 6.24. The van der Waals surface area contributed by atoms with E-state index in [2.05, 4.69) is 39.2 Å². The van der Waals surface area contributed by atoms with Gasteiger partial charge in [-0.15, -0.1) is 0 Å². The van der Waals surface area contributed by atoms with Crippen molar-refractivity contribution in [3.63, 3.8) is 0 Å². The maximum absolute atomic E-state index is 6.24. The van der Waals surface area contributed by atoms with Crippen molar-refractivity contribution in [3.8, 4) is 0 Å². The summed E-state index contributed by atoms with van der Waals surface area (Å²) in [6, 6.07) is 0.600. The molecule has 1 aliphatic rings. The fourth-order valence-electron chi connectivity index (χ4n) is 2.43. The monoisotopic (exact) mass is 243 g/mol. The first kappa shape index (κ1) is 14.2. The Morgan fingerprint density at radius 2 is 2.00 bits per heavy atom. The van der Waals surface area contributed by atoms with Gasteiger partial charge < -0.3 is 9.74 Å². The van der Waals surface area contributed by atoms with Gasteiger partial charge in [0, 0.05) is 6.04 Å². The Labute approximate surface area is 103 Å². The molecule has 0 aromatic heterocycles. The van der Waals surface area contributed by atoms with E-state index >= 15 is 0 Å². The molecule has 0 spiro atoms. The van der Waals surface area contributed by atoms with E-state index in [0.717, 1.165) is 0 Å². The van der Waals surface area contributed by atoms with Crippen molar-refractivity contribution >= 4 is 9.04 Å². The first-order chi connectivity index (χ1) is 7.38. The Hall–Kier alpha value is 0.137. The van der Waals surface area contributed by atoms with Crippen molar-refractivity contribution in [2.75, 3.05) is 6.54 Å². The predicted molar refractivity (Wildman–Crippen MR) is 73.5 cm³/mol. The molecule has 3 heteroatoms. The van der Waals surface area contributed by atoms with Gasteiger partial charge in [-0.1, -0.05) is 27.2 Å². The van der Waals surface area contributed by atoms with E-state index < -0.39 is 9.04 Å². The van der Waals surface area contributed by atoms with E-state index in [1.807, 2.05) is 0 Å². The van der Waals surface area contributed by atoms with Crippen LogP contribution in [0.25, 0.3) is 0 Å². The van der Waals surface area contributed by atoms with Crippen LogP contribution < -0.4 is 5.32 Å².